The van der Waals surface area contributed by atoms with E-state index in [9.17, 15) is 4.79 Å². The predicted molar refractivity (Wildman–Crippen MR) is 106 cm³/mol. The molecule has 1 aliphatic heterocycles. The van der Waals surface area contributed by atoms with E-state index in [1.165, 1.54) is 0 Å². The molecule has 0 saturated carbocycles. The van der Waals surface area contributed by atoms with Crippen LogP contribution in [-0.4, -0.2) is 49.1 Å². The summed E-state index contributed by atoms with van der Waals surface area (Å²) in [6.45, 7) is 1.78. The minimum absolute atomic E-state index is 0.207. The maximum absolute atomic E-state index is 12.3. The Morgan fingerprint density at radius 3 is 2.64 bits per heavy atom. The summed E-state index contributed by atoms with van der Waals surface area (Å²) in [6, 6.07) is 15.8. The zero-order chi connectivity index (χ0) is 18.9. The molecule has 0 aliphatic carbocycles. The van der Waals surface area contributed by atoms with Crippen molar-refractivity contribution in [2.75, 3.05) is 13.1 Å². The van der Waals surface area contributed by atoms with Crippen molar-refractivity contribution in [3.8, 4) is 17.1 Å². The van der Waals surface area contributed by atoms with Crippen molar-refractivity contribution in [1.82, 2.24) is 30.1 Å². The van der Waals surface area contributed by atoms with Crippen LogP contribution in [0.25, 0.3) is 28.0 Å². The molecule has 1 fully saturated rings. The molecule has 0 spiro atoms. The van der Waals surface area contributed by atoms with E-state index in [1.54, 1.807) is 4.68 Å². The summed E-state index contributed by atoms with van der Waals surface area (Å²) in [7, 11) is 0. The first-order chi connectivity index (χ1) is 13.8. The van der Waals surface area contributed by atoms with Crippen LogP contribution in [0.4, 0.5) is 0 Å². The second-order valence-electron chi connectivity index (χ2n) is 7.10. The van der Waals surface area contributed by atoms with Crippen LogP contribution >= 0.6 is 0 Å². The lowest BCUT2D eigenvalue weighted by atomic mass is 10.1. The predicted octanol–water partition coefficient (Wildman–Crippen LogP) is 2.98. The summed E-state index contributed by atoms with van der Waals surface area (Å²) in [5, 5.41) is 16.9. The topological polar surface area (TPSA) is 79.7 Å². The Morgan fingerprint density at radius 1 is 1.04 bits per heavy atom. The number of carbonyl (C=O) groups is 1. The summed E-state index contributed by atoms with van der Waals surface area (Å²) in [4.78, 5) is 14.3. The molecule has 0 unspecified atom stereocenters. The minimum atomic E-state index is 0.207. The Bertz CT molecular complexity index is 1120. The van der Waals surface area contributed by atoms with Gasteiger partial charge in [-0.3, -0.25) is 9.89 Å². The van der Waals surface area contributed by atoms with E-state index < -0.39 is 0 Å². The molecule has 5 rings (SSSR count). The molecule has 0 atom stereocenters. The van der Waals surface area contributed by atoms with E-state index in [2.05, 4.69) is 20.5 Å². The molecule has 4 aromatic rings. The van der Waals surface area contributed by atoms with Crippen LogP contribution in [0.1, 0.15) is 18.4 Å². The minimum Gasteiger partial charge on any atom is -0.342 e. The smallest absolute Gasteiger partial charge is 0.226 e. The van der Waals surface area contributed by atoms with Gasteiger partial charge in [0.05, 0.1) is 23.8 Å². The number of nitrogens with zero attached hydrogens (tertiary/aromatic N) is 5. The van der Waals surface area contributed by atoms with Crippen LogP contribution in [-0.2, 0) is 11.2 Å². The first-order valence-corrected chi connectivity index (χ1v) is 9.51. The number of likely N-dealkylation sites (tertiary alicyclic amines) is 1. The number of H-pyrrole nitrogens is 1. The first kappa shape index (κ1) is 16.7. The number of nitrogens with one attached hydrogen (secondary N) is 1. The third-order valence-corrected chi connectivity index (χ3v) is 5.22. The number of hydrogen-bond donors (Lipinski definition) is 1. The number of rotatable bonds is 4. The highest BCUT2D eigenvalue weighted by Gasteiger charge is 2.18. The number of benzene rings is 2. The molecular weight excluding hydrogens is 352 g/mol. The van der Waals surface area contributed by atoms with Crippen LogP contribution < -0.4 is 0 Å². The van der Waals surface area contributed by atoms with Gasteiger partial charge in [-0.05, 0) is 36.6 Å². The monoisotopic (exact) mass is 372 g/mol. The van der Waals surface area contributed by atoms with Crippen LogP contribution in [0.2, 0.25) is 0 Å². The molecule has 1 N–H and O–H groups in total. The van der Waals surface area contributed by atoms with Crippen LogP contribution in [0.5, 0.6) is 0 Å². The molecule has 1 aliphatic rings. The summed E-state index contributed by atoms with van der Waals surface area (Å²) >= 11 is 0. The molecule has 28 heavy (non-hydrogen) atoms. The van der Waals surface area contributed by atoms with E-state index in [0.717, 1.165) is 53.8 Å². The Labute approximate surface area is 162 Å². The number of fused-ring (bicyclic) bond motifs is 1. The number of aromatic nitrogens is 5. The van der Waals surface area contributed by atoms with Gasteiger partial charge in [0.1, 0.15) is 11.4 Å². The molecule has 0 radical (unpaired) electrons. The Balaban J connectivity index is 1.35. The van der Waals surface area contributed by atoms with Gasteiger partial charge in [0.2, 0.25) is 5.91 Å². The normalized spacial score (nSPS) is 14.1. The van der Waals surface area contributed by atoms with Gasteiger partial charge in [0.25, 0.3) is 0 Å². The van der Waals surface area contributed by atoms with Gasteiger partial charge in [-0.15, -0.1) is 5.10 Å². The largest absolute Gasteiger partial charge is 0.342 e. The molecule has 7 heteroatoms. The van der Waals surface area contributed by atoms with Gasteiger partial charge < -0.3 is 4.90 Å². The Kier molecular flexibility index (Phi) is 4.12. The van der Waals surface area contributed by atoms with Gasteiger partial charge in [-0.1, -0.05) is 35.5 Å². The summed E-state index contributed by atoms with van der Waals surface area (Å²) in [5.74, 6) is 0.207. The van der Waals surface area contributed by atoms with Crippen molar-refractivity contribution in [3.63, 3.8) is 0 Å². The van der Waals surface area contributed by atoms with Crippen molar-refractivity contribution in [2.24, 2.45) is 0 Å². The summed E-state index contributed by atoms with van der Waals surface area (Å²) in [5.41, 5.74) is 4.38. The van der Waals surface area contributed by atoms with Crippen molar-refractivity contribution in [1.29, 1.82) is 0 Å². The van der Waals surface area contributed by atoms with Gasteiger partial charge in [0.15, 0.2) is 0 Å². The molecule has 0 bridgehead atoms. The molecule has 1 amide bonds. The van der Waals surface area contributed by atoms with Gasteiger partial charge >= 0.3 is 0 Å². The second-order valence-corrected chi connectivity index (χ2v) is 7.10. The highest BCUT2D eigenvalue weighted by Crippen LogP contribution is 2.24. The number of aromatic amines is 1. The zero-order valence-corrected chi connectivity index (χ0v) is 15.4. The van der Waals surface area contributed by atoms with Crippen LogP contribution in [0, 0.1) is 0 Å². The number of carbonyl (C=O) groups excluding carboxylic acids is 1. The molecule has 1 saturated heterocycles. The summed E-state index contributed by atoms with van der Waals surface area (Å²) < 4.78 is 1.73. The second kappa shape index (κ2) is 6.92. The van der Waals surface area contributed by atoms with Crippen LogP contribution in [0.3, 0.4) is 0 Å². The average Bonchev–Trinajstić information content (AvgIpc) is 3.48. The van der Waals surface area contributed by atoms with Gasteiger partial charge in [-0.2, -0.15) is 5.10 Å². The fourth-order valence-corrected chi connectivity index (χ4v) is 3.68. The van der Waals surface area contributed by atoms with Crippen molar-refractivity contribution in [3.05, 3.63) is 60.3 Å². The Hall–Kier alpha value is -3.48. The van der Waals surface area contributed by atoms with Gasteiger partial charge in [-0.25, -0.2) is 4.68 Å². The van der Waals surface area contributed by atoms with E-state index >= 15 is 0 Å². The number of hydrogen-bond acceptors (Lipinski definition) is 4. The lowest BCUT2D eigenvalue weighted by Gasteiger charge is -2.15. The van der Waals surface area contributed by atoms with E-state index in [0.29, 0.717) is 12.1 Å². The number of para-hydroxylation sites is 1. The standard InChI is InChI=1S/C21H20N6O/c28-20(26-11-3-4-12-26)13-15-7-9-16(10-8-15)27-14-19(23-25-27)21-17-5-1-2-6-18(17)22-24-21/h1-2,5-10,14H,3-4,11-13H2,(H,22,24). The lowest BCUT2D eigenvalue weighted by molar-refractivity contribution is -0.129. The third kappa shape index (κ3) is 3.05. The van der Waals surface area contributed by atoms with E-state index in [1.807, 2.05) is 59.6 Å². The molecule has 2 aromatic carbocycles. The third-order valence-electron chi connectivity index (χ3n) is 5.22. The maximum Gasteiger partial charge on any atom is 0.226 e. The highest BCUT2D eigenvalue weighted by atomic mass is 16.2. The summed E-state index contributed by atoms with van der Waals surface area (Å²) in [6.07, 6.45) is 4.55. The first-order valence-electron chi connectivity index (χ1n) is 9.51. The van der Waals surface area contributed by atoms with Crippen LogP contribution in [0.15, 0.2) is 54.7 Å². The molecule has 140 valence electrons. The fourth-order valence-electron chi connectivity index (χ4n) is 3.68. The molecule has 3 heterocycles. The van der Waals surface area contributed by atoms with Crippen molar-refractivity contribution >= 4 is 16.8 Å². The SMILES string of the molecule is O=C(Cc1ccc(-n2cc(-c3n[nH]c4ccccc34)nn2)cc1)N1CCCC1. The molecule has 2 aromatic heterocycles. The highest BCUT2D eigenvalue weighted by molar-refractivity contribution is 5.91. The van der Waals surface area contributed by atoms with Crippen molar-refractivity contribution in [2.45, 2.75) is 19.3 Å². The maximum atomic E-state index is 12.3. The van der Waals surface area contributed by atoms with E-state index in [-0.39, 0.29) is 5.91 Å². The number of amides is 1. The van der Waals surface area contributed by atoms with E-state index in [4.69, 9.17) is 0 Å². The van der Waals surface area contributed by atoms with Crippen molar-refractivity contribution < 1.29 is 4.79 Å². The zero-order valence-electron chi connectivity index (χ0n) is 15.4. The average molecular weight is 372 g/mol. The molecule has 7 nitrogen and oxygen atoms in total. The fraction of sp³-hybridized carbons (Fsp3) is 0.238. The lowest BCUT2D eigenvalue weighted by Crippen LogP contribution is -2.29. The quantitative estimate of drug-likeness (QED) is 0.597. The van der Waals surface area contributed by atoms with Gasteiger partial charge in [0, 0.05) is 18.5 Å². The Morgan fingerprint density at radius 2 is 1.82 bits per heavy atom. The molecular formula is C21H20N6O.